The molecule has 0 aliphatic heterocycles. The van der Waals surface area contributed by atoms with Gasteiger partial charge in [-0.05, 0) is 24.5 Å². The van der Waals surface area contributed by atoms with Gasteiger partial charge in [0.2, 0.25) is 0 Å². The summed E-state index contributed by atoms with van der Waals surface area (Å²) in [6.07, 6.45) is 6.66. The molecule has 96 valence electrons. The lowest BCUT2D eigenvalue weighted by atomic mass is 10.3. The number of amidine groups is 1. The van der Waals surface area contributed by atoms with Gasteiger partial charge in [0.25, 0.3) is 0 Å². The topological polar surface area (TPSA) is 78.9 Å². The zero-order valence-electron chi connectivity index (χ0n) is 9.91. The first-order valence-corrected chi connectivity index (χ1v) is 6.77. The Hall–Kier alpha value is -2.04. The maximum Gasteiger partial charge on any atom is 0.183 e. The third-order valence-corrected chi connectivity index (χ3v) is 3.00. The van der Waals surface area contributed by atoms with E-state index in [1.807, 2.05) is 12.4 Å². The third-order valence-electron chi connectivity index (χ3n) is 2.18. The minimum absolute atomic E-state index is 0.478. The summed E-state index contributed by atoms with van der Waals surface area (Å²) in [6.45, 7) is 0. The van der Waals surface area contributed by atoms with Crippen molar-refractivity contribution < 1.29 is 0 Å². The van der Waals surface area contributed by atoms with Gasteiger partial charge in [0, 0.05) is 5.02 Å². The summed E-state index contributed by atoms with van der Waals surface area (Å²) in [5.74, 6) is 0. The van der Waals surface area contributed by atoms with E-state index in [1.165, 1.54) is 18.1 Å². The average Bonchev–Trinajstić information content (AvgIpc) is 2.92. The Morgan fingerprint density at radius 3 is 3.05 bits per heavy atom. The van der Waals surface area contributed by atoms with E-state index in [1.54, 1.807) is 29.2 Å². The molecule has 0 saturated carbocycles. The lowest BCUT2D eigenvalue weighted by molar-refractivity contribution is 0.879. The molecule has 1 aromatic carbocycles. The van der Waals surface area contributed by atoms with Gasteiger partial charge in [0.05, 0.1) is 11.4 Å². The van der Waals surface area contributed by atoms with E-state index in [2.05, 4.69) is 20.4 Å². The van der Waals surface area contributed by atoms with Crippen LogP contribution in [0.1, 0.15) is 0 Å². The number of rotatable bonds is 2. The minimum Gasteiger partial charge on any atom is -0.271 e. The van der Waals surface area contributed by atoms with Crippen LogP contribution in [-0.4, -0.2) is 26.2 Å². The molecule has 0 amide bonds. The highest BCUT2D eigenvalue weighted by Crippen LogP contribution is 2.27. The third kappa shape index (κ3) is 3.24. The molecule has 0 unspecified atom stereocenters. The SMILES string of the molecule is CSC(=Nc1cc(Cl)ccc1-n1cncn1)NC#N. The van der Waals surface area contributed by atoms with Gasteiger partial charge in [0.1, 0.15) is 12.7 Å². The Bertz CT molecular complexity index is 631. The number of aliphatic imine (C=N–C) groups is 1. The van der Waals surface area contributed by atoms with Crippen LogP contribution in [0.5, 0.6) is 0 Å². The number of benzene rings is 1. The van der Waals surface area contributed by atoms with Crippen LogP contribution >= 0.6 is 23.4 Å². The number of halogens is 1. The van der Waals surface area contributed by atoms with Crippen molar-refractivity contribution in [3.8, 4) is 11.9 Å². The fraction of sp³-hybridized carbons (Fsp3) is 0.0909. The van der Waals surface area contributed by atoms with Crippen molar-refractivity contribution in [3.05, 3.63) is 35.9 Å². The maximum atomic E-state index is 8.64. The number of thioether (sulfide) groups is 1. The number of hydrogen-bond acceptors (Lipinski definition) is 5. The highest BCUT2D eigenvalue weighted by molar-refractivity contribution is 8.13. The molecule has 0 atom stereocenters. The van der Waals surface area contributed by atoms with Crippen molar-refractivity contribution in [2.45, 2.75) is 0 Å². The molecule has 0 aliphatic rings. The highest BCUT2D eigenvalue weighted by atomic mass is 35.5. The van der Waals surface area contributed by atoms with Crippen molar-refractivity contribution in [2.75, 3.05) is 6.26 Å². The second kappa shape index (κ2) is 6.22. The summed E-state index contributed by atoms with van der Waals surface area (Å²) in [5.41, 5.74) is 1.33. The quantitative estimate of drug-likeness (QED) is 0.398. The number of nitrogens with zero attached hydrogens (tertiary/aromatic N) is 5. The monoisotopic (exact) mass is 292 g/mol. The van der Waals surface area contributed by atoms with Crippen molar-refractivity contribution in [2.24, 2.45) is 4.99 Å². The Balaban J connectivity index is 2.50. The van der Waals surface area contributed by atoms with Crippen LogP contribution < -0.4 is 5.32 Å². The number of nitriles is 1. The molecule has 0 fully saturated rings. The molecule has 0 saturated heterocycles. The molecule has 2 rings (SSSR count). The van der Waals surface area contributed by atoms with E-state index < -0.39 is 0 Å². The van der Waals surface area contributed by atoms with Crippen LogP contribution in [0, 0.1) is 11.5 Å². The standard InChI is InChI=1S/C11H9ClN6S/c1-19-11(15-5-13)17-9-4-8(12)2-3-10(9)18-7-14-6-16-18/h2-4,6-7H,1H3,(H,15,17). The Morgan fingerprint density at radius 2 is 2.42 bits per heavy atom. The van der Waals surface area contributed by atoms with Crippen LogP contribution in [0.3, 0.4) is 0 Å². The molecule has 19 heavy (non-hydrogen) atoms. The van der Waals surface area contributed by atoms with E-state index in [4.69, 9.17) is 16.9 Å². The predicted octanol–water partition coefficient (Wildman–Crippen LogP) is 2.34. The van der Waals surface area contributed by atoms with Crippen molar-refractivity contribution in [3.63, 3.8) is 0 Å². The fourth-order valence-corrected chi connectivity index (χ4v) is 1.90. The Kier molecular flexibility index (Phi) is 4.39. The molecule has 0 spiro atoms. The largest absolute Gasteiger partial charge is 0.271 e. The lowest BCUT2D eigenvalue weighted by Gasteiger charge is -2.07. The van der Waals surface area contributed by atoms with Gasteiger partial charge in [-0.3, -0.25) is 5.32 Å². The zero-order valence-corrected chi connectivity index (χ0v) is 11.5. The summed E-state index contributed by atoms with van der Waals surface area (Å²) in [7, 11) is 0. The van der Waals surface area contributed by atoms with Gasteiger partial charge in [-0.25, -0.2) is 14.7 Å². The van der Waals surface area contributed by atoms with E-state index in [-0.39, 0.29) is 0 Å². The van der Waals surface area contributed by atoms with Crippen LogP contribution in [0.4, 0.5) is 5.69 Å². The average molecular weight is 293 g/mol. The molecule has 2 aromatic rings. The molecule has 0 aliphatic carbocycles. The van der Waals surface area contributed by atoms with Crippen LogP contribution in [0.2, 0.25) is 5.02 Å². The maximum absolute atomic E-state index is 8.64. The van der Waals surface area contributed by atoms with Gasteiger partial charge in [-0.2, -0.15) is 10.4 Å². The molecule has 1 aromatic heterocycles. The second-order valence-corrected chi connectivity index (χ2v) is 4.56. The van der Waals surface area contributed by atoms with Crippen LogP contribution in [-0.2, 0) is 0 Å². The number of hydrogen-bond donors (Lipinski definition) is 1. The molecule has 1 N–H and O–H groups in total. The first-order valence-electron chi connectivity index (χ1n) is 5.17. The van der Waals surface area contributed by atoms with Gasteiger partial charge >= 0.3 is 0 Å². The van der Waals surface area contributed by atoms with Gasteiger partial charge in [0.15, 0.2) is 11.4 Å². The number of aromatic nitrogens is 3. The van der Waals surface area contributed by atoms with Crippen molar-refractivity contribution >= 4 is 34.2 Å². The van der Waals surface area contributed by atoms with Gasteiger partial charge < -0.3 is 0 Å². The van der Waals surface area contributed by atoms with Crippen LogP contribution in [0.15, 0.2) is 35.8 Å². The van der Waals surface area contributed by atoms with Gasteiger partial charge in [-0.15, -0.1) is 0 Å². The minimum atomic E-state index is 0.478. The first-order chi connectivity index (χ1) is 9.24. The number of nitrogens with one attached hydrogen (secondary N) is 1. The first kappa shape index (κ1) is 13.4. The molecule has 0 radical (unpaired) electrons. The summed E-state index contributed by atoms with van der Waals surface area (Å²) in [6, 6.07) is 5.24. The predicted molar refractivity (Wildman–Crippen MR) is 75.7 cm³/mol. The van der Waals surface area contributed by atoms with E-state index in [0.717, 1.165) is 5.69 Å². The molecular formula is C11H9ClN6S. The molecule has 8 heteroatoms. The Morgan fingerprint density at radius 1 is 1.58 bits per heavy atom. The summed E-state index contributed by atoms with van der Waals surface area (Å²) >= 11 is 7.30. The van der Waals surface area contributed by atoms with Crippen molar-refractivity contribution in [1.82, 2.24) is 20.1 Å². The smallest absolute Gasteiger partial charge is 0.183 e. The van der Waals surface area contributed by atoms with E-state index in [0.29, 0.717) is 15.9 Å². The van der Waals surface area contributed by atoms with Crippen molar-refractivity contribution in [1.29, 1.82) is 5.26 Å². The summed E-state index contributed by atoms with van der Waals surface area (Å²) < 4.78 is 1.58. The van der Waals surface area contributed by atoms with E-state index in [9.17, 15) is 0 Å². The molecule has 1 heterocycles. The molecular weight excluding hydrogens is 284 g/mol. The summed E-state index contributed by atoms with van der Waals surface area (Å²) in [5, 5.41) is 16.2. The Labute approximate surface area is 119 Å². The highest BCUT2D eigenvalue weighted by Gasteiger charge is 2.07. The lowest BCUT2D eigenvalue weighted by Crippen LogP contribution is -2.12. The molecule has 6 nitrogen and oxygen atoms in total. The van der Waals surface area contributed by atoms with E-state index >= 15 is 0 Å². The molecule has 0 bridgehead atoms. The zero-order chi connectivity index (χ0) is 13.7. The van der Waals surface area contributed by atoms with Crippen LogP contribution in [0.25, 0.3) is 5.69 Å². The normalized spacial score (nSPS) is 11.1. The summed E-state index contributed by atoms with van der Waals surface area (Å²) in [4.78, 5) is 8.25. The van der Waals surface area contributed by atoms with Gasteiger partial charge in [-0.1, -0.05) is 23.4 Å². The second-order valence-electron chi connectivity index (χ2n) is 3.33. The fourth-order valence-electron chi connectivity index (χ4n) is 1.39.